The Balaban J connectivity index is 4.29. The summed E-state index contributed by atoms with van der Waals surface area (Å²) in [6, 6.07) is 0. The number of carbonyl (C=O) groups is 3. The van der Waals surface area contributed by atoms with Crippen molar-refractivity contribution in [1.82, 2.24) is 0 Å². The van der Waals surface area contributed by atoms with Crippen molar-refractivity contribution < 1.29 is 28.6 Å². The fraction of sp³-hybridized carbons (Fsp3) is 0.809. The van der Waals surface area contributed by atoms with Gasteiger partial charge in [0.15, 0.2) is 6.10 Å². The van der Waals surface area contributed by atoms with Crippen molar-refractivity contribution >= 4 is 17.9 Å². The highest BCUT2D eigenvalue weighted by Gasteiger charge is 2.19. The van der Waals surface area contributed by atoms with Crippen molar-refractivity contribution in [2.75, 3.05) is 13.2 Å². The Labute approximate surface area is 460 Å². The third-order valence-electron chi connectivity index (χ3n) is 14.2. The third-order valence-corrected chi connectivity index (χ3v) is 14.2. The topological polar surface area (TPSA) is 78.9 Å². The van der Waals surface area contributed by atoms with E-state index in [1.54, 1.807) is 0 Å². The highest BCUT2D eigenvalue weighted by atomic mass is 16.6. The molecule has 0 aromatic rings. The lowest BCUT2D eigenvalue weighted by molar-refractivity contribution is -0.167. The maximum atomic E-state index is 12.9. The summed E-state index contributed by atoms with van der Waals surface area (Å²) in [5.74, 6) is -0.891. The SMILES string of the molecule is CC/C=C\C/C=C\C/C=C\CCCCCCCC(=O)OCC(COC(=O)CCCCCCCCCCCCCCC/C=C\CCCCCCCCCC)OC(=O)CCCCCCC/C=C\CCCCCCCCC. The zero-order chi connectivity index (χ0) is 53.6. The van der Waals surface area contributed by atoms with E-state index >= 15 is 0 Å². The zero-order valence-corrected chi connectivity index (χ0v) is 49.4. The molecule has 0 aliphatic heterocycles. The number of hydrogen-bond acceptors (Lipinski definition) is 6. The molecular formula is C68H122O6. The third kappa shape index (κ3) is 60.0. The summed E-state index contributed by atoms with van der Waals surface area (Å²) in [6.07, 6.45) is 79.5. The van der Waals surface area contributed by atoms with E-state index in [0.717, 1.165) is 109 Å². The van der Waals surface area contributed by atoms with Crippen molar-refractivity contribution in [2.24, 2.45) is 0 Å². The molecule has 1 unspecified atom stereocenters. The number of hydrogen-bond donors (Lipinski definition) is 0. The van der Waals surface area contributed by atoms with Crippen LogP contribution in [0.4, 0.5) is 0 Å². The van der Waals surface area contributed by atoms with Gasteiger partial charge in [-0.15, -0.1) is 0 Å². The summed E-state index contributed by atoms with van der Waals surface area (Å²) in [5, 5.41) is 0. The van der Waals surface area contributed by atoms with E-state index in [0.29, 0.717) is 19.3 Å². The highest BCUT2D eigenvalue weighted by Crippen LogP contribution is 2.17. The molecule has 0 aliphatic carbocycles. The van der Waals surface area contributed by atoms with Crippen molar-refractivity contribution in [2.45, 2.75) is 341 Å². The van der Waals surface area contributed by atoms with Crippen LogP contribution >= 0.6 is 0 Å². The molecule has 0 bridgehead atoms. The molecule has 0 aromatic carbocycles. The van der Waals surface area contributed by atoms with Gasteiger partial charge in [0.25, 0.3) is 0 Å². The fourth-order valence-corrected chi connectivity index (χ4v) is 9.39. The van der Waals surface area contributed by atoms with Crippen LogP contribution in [0.15, 0.2) is 60.8 Å². The second-order valence-corrected chi connectivity index (χ2v) is 21.6. The van der Waals surface area contributed by atoms with E-state index < -0.39 is 6.10 Å². The predicted octanol–water partition coefficient (Wildman–Crippen LogP) is 21.9. The Morgan fingerprint density at radius 2 is 0.527 bits per heavy atom. The van der Waals surface area contributed by atoms with Crippen molar-refractivity contribution in [3.05, 3.63) is 60.8 Å². The normalized spacial score (nSPS) is 12.4. The van der Waals surface area contributed by atoms with Gasteiger partial charge in [-0.05, 0) is 103 Å². The van der Waals surface area contributed by atoms with Gasteiger partial charge >= 0.3 is 17.9 Å². The van der Waals surface area contributed by atoms with E-state index in [2.05, 4.69) is 81.5 Å². The van der Waals surface area contributed by atoms with Gasteiger partial charge in [0.1, 0.15) is 13.2 Å². The maximum absolute atomic E-state index is 12.9. The standard InChI is InChI=1S/C68H122O6/c1-4-7-10-13-16-19-22-25-28-30-31-32-33-34-35-36-37-38-41-43-46-49-52-55-58-61-67(70)73-64-65(63-72-66(69)60-57-54-51-48-45-42-39-27-24-21-18-15-12-9-6-3)74-68(71)62-59-56-53-50-47-44-40-29-26-23-20-17-14-11-8-5-2/h9,12,18,21,27,29-31,39-40,65H,4-8,10-11,13-17,19-20,22-26,28,32-38,41-64H2,1-3H3/b12-9-,21-18-,31-30-,39-27-,40-29-. The van der Waals surface area contributed by atoms with Crippen LogP contribution in [-0.2, 0) is 28.6 Å². The molecule has 0 aliphatic rings. The van der Waals surface area contributed by atoms with Crippen molar-refractivity contribution in [3.8, 4) is 0 Å². The molecule has 0 amide bonds. The number of unbranched alkanes of at least 4 members (excludes halogenated alkanes) is 38. The number of esters is 3. The first-order valence-electron chi connectivity index (χ1n) is 32.3. The van der Waals surface area contributed by atoms with Gasteiger partial charge in [-0.3, -0.25) is 14.4 Å². The average Bonchev–Trinajstić information content (AvgIpc) is 3.40. The first kappa shape index (κ1) is 71.1. The molecule has 0 heterocycles. The smallest absolute Gasteiger partial charge is 0.306 e. The number of rotatable bonds is 59. The molecule has 0 N–H and O–H groups in total. The fourth-order valence-electron chi connectivity index (χ4n) is 9.39. The van der Waals surface area contributed by atoms with Gasteiger partial charge in [-0.25, -0.2) is 0 Å². The van der Waals surface area contributed by atoms with Crippen molar-refractivity contribution in [1.29, 1.82) is 0 Å². The van der Waals surface area contributed by atoms with Crippen molar-refractivity contribution in [3.63, 3.8) is 0 Å². The highest BCUT2D eigenvalue weighted by molar-refractivity contribution is 5.71. The quantitative estimate of drug-likeness (QED) is 0.0261. The van der Waals surface area contributed by atoms with E-state index in [4.69, 9.17) is 14.2 Å². The minimum atomic E-state index is -0.786. The molecule has 6 heteroatoms. The summed E-state index contributed by atoms with van der Waals surface area (Å²) < 4.78 is 16.9. The molecule has 0 saturated carbocycles. The molecule has 0 rings (SSSR count). The molecule has 0 saturated heterocycles. The lowest BCUT2D eigenvalue weighted by Gasteiger charge is -2.18. The Morgan fingerprint density at radius 3 is 0.838 bits per heavy atom. The van der Waals surface area contributed by atoms with Crippen LogP contribution < -0.4 is 0 Å². The van der Waals surface area contributed by atoms with Crippen LogP contribution in [-0.4, -0.2) is 37.2 Å². The van der Waals surface area contributed by atoms with Crippen LogP contribution in [0.2, 0.25) is 0 Å². The van der Waals surface area contributed by atoms with Crippen LogP contribution in [0.3, 0.4) is 0 Å². The average molecular weight is 1040 g/mol. The summed E-state index contributed by atoms with van der Waals surface area (Å²) in [4.78, 5) is 38.3. The summed E-state index contributed by atoms with van der Waals surface area (Å²) in [5.41, 5.74) is 0. The number of ether oxygens (including phenoxy) is 3. The molecule has 0 aromatic heterocycles. The molecule has 6 nitrogen and oxygen atoms in total. The molecule has 0 fully saturated rings. The van der Waals surface area contributed by atoms with Gasteiger partial charge in [-0.1, -0.05) is 274 Å². The molecule has 0 spiro atoms. The lowest BCUT2D eigenvalue weighted by Crippen LogP contribution is -2.30. The van der Waals surface area contributed by atoms with Crippen LogP contribution in [0.1, 0.15) is 335 Å². The second kappa shape index (κ2) is 62.6. The van der Waals surface area contributed by atoms with Crippen LogP contribution in [0, 0.1) is 0 Å². The monoisotopic (exact) mass is 1030 g/mol. The van der Waals surface area contributed by atoms with Gasteiger partial charge in [0, 0.05) is 19.3 Å². The molecule has 0 radical (unpaired) electrons. The molecule has 74 heavy (non-hydrogen) atoms. The summed E-state index contributed by atoms with van der Waals surface area (Å²) >= 11 is 0. The first-order chi connectivity index (χ1) is 36.5. The van der Waals surface area contributed by atoms with E-state index in [-0.39, 0.29) is 31.1 Å². The predicted molar refractivity (Wildman–Crippen MR) is 321 cm³/mol. The van der Waals surface area contributed by atoms with E-state index in [9.17, 15) is 14.4 Å². The Morgan fingerprint density at radius 1 is 0.284 bits per heavy atom. The van der Waals surface area contributed by atoms with Gasteiger partial charge in [-0.2, -0.15) is 0 Å². The Bertz CT molecular complexity index is 1330. The minimum absolute atomic E-state index is 0.0812. The van der Waals surface area contributed by atoms with E-state index in [1.165, 1.54) is 186 Å². The Kier molecular flexibility index (Phi) is 60.2. The van der Waals surface area contributed by atoms with Crippen LogP contribution in [0.25, 0.3) is 0 Å². The Hall–Kier alpha value is -2.89. The first-order valence-corrected chi connectivity index (χ1v) is 32.3. The van der Waals surface area contributed by atoms with Crippen LogP contribution in [0.5, 0.6) is 0 Å². The van der Waals surface area contributed by atoms with Gasteiger partial charge in [0.05, 0.1) is 0 Å². The van der Waals surface area contributed by atoms with Gasteiger partial charge < -0.3 is 14.2 Å². The summed E-state index contributed by atoms with van der Waals surface area (Å²) in [6.45, 7) is 6.55. The second-order valence-electron chi connectivity index (χ2n) is 21.6. The number of allylic oxidation sites excluding steroid dienone is 10. The molecule has 1 atom stereocenters. The number of carbonyl (C=O) groups excluding carboxylic acids is 3. The molecular weight excluding hydrogens is 913 g/mol. The summed E-state index contributed by atoms with van der Waals surface area (Å²) in [7, 11) is 0. The zero-order valence-electron chi connectivity index (χ0n) is 49.4. The minimum Gasteiger partial charge on any atom is -0.462 e. The largest absolute Gasteiger partial charge is 0.462 e. The van der Waals surface area contributed by atoms with E-state index in [1.807, 2.05) is 0 Å². The lowest BCUT2D eigenvalue weighted by atomic mass is 10.0. The molecule has 430 valence electrons. The van der Waals surface area contributed by atoms with Gasteiger partial charge in [0.2, 0.25) is 0 Å². The maximum Gasteiger partial charge on any atom is 0.306 e.